The van der Waals surface area contributed by atoms with E-state index < -0.39 is 0 Å². The van der Waals surface area contributed by atoms with E-state index in [0.29, 0.717) is 17.9 Å². The van der Waals surface area contributed by atoms with Gasteiger partial charge in [-0.15, -0.1) is 0 Å². The number of fused-ring (bicyclic) bond motifs is 2. The van der Waals surface area contributed by atoms with Crippen molar-refractivity contribution in [2.75, 3.05) is 30.3 Å². The van der Waals surface area contributed by atoms with Gasteiger partial charge in [0.05, 0.1) is 5.69 Å². The predicted molar refractivity (Wildman–Crippen MR) is 109 cm³/mol. The van der Waals surface area contributed by atoms with E-state index >= 15 is 0 Å². The molecular formula is C22H29N5. The van der Waals surface area contributed by atoms with Gasteiger partial charge in [0.15, 0.2) is 0 Å². The molecule has 1 aromatic heterocycles. The summed E-state index contributed by atoms with van der Waals surface area (Å²) in [6.07, 6.45) is 7.21. The van der Waals surface area contributed by atoms with Crippen molar-refractivity contribution in [1.82, 2.24) is 15.3 Å². The molecule has 3 aliphatic rings. The maximum absolute atomic E-state index is 6.20. The maximum Gasteiger partial charge on any atom is 0.222 e. The first kappa shape index (κ1) is 17.0. The first-order valence-corrected chi connectivity index (χ1v) is 10.5. The predicted octanol–water partition coefficient (Wildman–Crippen LogP) is 3.11. The number of nitrogens with two attached hydrogens (primary N) is 1. The number of rotatable bonds is 2. The van der Waals surface area contributed by atoms with E-state index in [1.807, 2.05) is 0 Å². The number of piperidine rings is 2. The second-order valence-electron chi connectivity index (χ2n) is 8.32. The molecule has 0 radical (unpaired) electrons. The standard InChI is InChI=1S/C22H29N5/c23-22-25-20-17(15-6-2-1-3-7-15)9-4-10-18(20)21(26-22)27-13-11-19-16(14-27)8-5-12-24-19/h1-3,6-7,16-17,19,24H,4-5,8-14H2,(H2,23,25,26)/t16-,17?,19?/m1/s1. The van der Waals surface area contributed by atoms with Crippen LogP contribution in [0.25, 0.3) is 0 Å². The van der Waals surface area contributed by atoms with Crippen LogP contribution in [-0.2, 0) is 6.42 Å². The van der Waals surface area contributed by atoms with Crippen molar-refractivity contribution in [3.05, 3.63) is 47.2 Å². The smallest absolute Gasteiger partial charge is 0.222 e. The summed E-state index contributed by atoms with van der Waals surface area (Å²) in [5, 5.41) is 3.71. The van der Waals surface area contributed by atoms with Gasteiger partial charge >= 0.3 is 0 Å². The van der Waals surface area contributed by atoms with Crippen molar-refractivity contribution in [2.24, 2.45) is 5.92 Å². The lowest BCUT2D eigenvalue weighted by molar-refractivity contribution is 0.243. The van der Waals surface area contributed by atoms with Gasteiger partial charge in [-0.2, -0.15) is 4.98 Å². The molecule has 3 atom stereocenters. The highest BCUT2D eigenvalue weighted by molar-refractivity contribution is 5.55. The minimum absolute atomic E-state index is 0.341. The highest BCUT2D eigenvalue weighted by Crippen LogP contribution is 2.40. The van der Waals surface area contributed by atoms with E-state index in [0.717, 1.165) is 37.7 Å². The number of nitrogen functional groups attached to an aromatic ring is 1. The zero-order valence-electron chi connectivity index (χ0n) is 15.9. The van der Waals surface area contributed by atoms with Crippen LogP contribution in [0.15, 0.2) is 30.3 Å². The number of nitrogens with zero attached hydrogens (tertiary/aromatic N) is 3. The molecule has 0 bridgehead atoms. The van der Waals surface area contributed by atoms with Gasteiger partial charge in [-0.25, -0.2) is 4.98 Å². The minimum Gasteiger partial charge on any atom is -0.368 e. The molecule has 3 heterocycles. The maximum atomic E-state index is 6.20. The summed E-state index contributed by atoms with van der Waals surface area (Å²) in [5.74, 6) is 2.61. The lowest BCUT2D eigenvalue weighted by atomic mass is 9.81. The van der Waals surface area contributed by atoms with Crippen LogP contribution in [0.4, 0.5) is 11.8 Å². The molecule has 5 rings (SSSR count). The molecule has 2 aliphatic heterocycles. The average Bonchev–Trinajstić information content (AvgIpc) is 2.73. The van der Waals surface area contributed by atoms with E-state index in [9.17, 15) is 0 Å². The van der Waals surface area contributed by atoms with Gasteiger partial charge < -0.3 is 16.0 Å². The molecule has 2 aromatic rings. The number of anilines is 2. The van der Waals surface area contributed by atoms with Gasteiger partial charge in [-0.3, -0.25) is 0 Å². The van der Waals surface area contributed by atoms with E-state index in [1.54, 1.807) is 0 Å². The van der Waals surface area contributed by atoms with Crippen LogP contribution in [0.3, 0.4) is 0 Å². The Bertz CT molecular complexity index is 806. The molecule has 27 heavy (non-hydrogen) atoms. The van der Waals surface area contributed by atoms with Crippen molar-refractivity contribution in [3.8, 4) is 0 Å². The van der Waals surface area contributed by atoms with Crippen molar-refractivity contribution in [1.29, 1.82) is 0 Å². The van der Waals surface area contributed by atoms with Crippen LogP contribution in [0.2, 0.25) is 0 Å². The highest BCUT2D eigenvalue weighted by Gasteiger charge is 2.34. The lowest BCUT2D eigenvalue weighted by Crippen LogP contribution is -2.52. The fourth-order valence-electron chi connectivity index (χ4n) is 5.36. The Morgan fingerprint density at radius 1 is 1.04 bits per heavy atom. The van der Waals surface area contributed by atoms with Crippen LogP contribution in [0.5, 0.6) is 0 Å². The summed E-state index contributed by atoms with van der Waals surface area (Å²) >= 11 is 0. The summed E-state index contributed by atoms with van der Waals surface area (Å²) in [7, 11) is 0. The van der Waals surface area contributed by atoms with E-state index in [4.69, 9.17) is 15.7 Å². The van der Waals surface area contributed by atoms with Gasteiger partial charge in [-0.05, 0) is 56.6 Å². The van der Waals surface area contributed by atoms with Crippen LogP contribution in [-0.4, -0.2) is 35.6 Å². The van der Waals surface area contributed by atoms with E-state index in [2.05, 4.69) is 40.5 Å². The molecule has 5 nitrogen and oxygen atoms in total. The third-order valence-corrected chi connectivity index (χ3v) is 6.68. The van der Waals surface area contributed by atoms with Crippen molar-refractivity contribution in [3.63, 3.8) is 0 Å². The van der Waals surface area contributed by atoms with Crippen LogP contribution in [0, 0.1) is 5.92 Å². The van der Waals surface area contributed by atoms with E-state index in [1.165, 1.54) is 49.0 Å². The lowest BCUT2D eigenvalue weighted by Gasteiger charge is -2.43. The zero-order valence-corrected chi connectivity index (χ0v) is 15.9. The molecule has 0 saturated carbocycles. The third kappa shape index (κ3) is 3.18. The SMILES string of the molecule is Nc1nc2c(c(N3CCC4NCCC[C@@H]4C3)n1)CCCC2c1ccccc1. The Hall–Kier alpha value is -2.14. The summed E-state index contributed by atoms with van der Waals surface area (Å²) < 4.78 is 0. The zero-order chi connectivity index (χ0) is 18.2. The number of aromatic nitrogens is 2. The van der Waals surface area contributed by atoms with Gasteiger partial charge in [0, 0.05) is 30.6 Å². The molecule has 3 N–H and O–H groups in total. The fourth-order valence-corrected chi connectivity index (χ4v) is 5.36. The van der Waals surface area contributed by atoms with Crippen LogP contribution in [0.1, 0.15) is 54.8 Å². The van der Waals surface area contributed by atoms with Crippen LogP contribution >= 0.6 is 0 Å². The second-order valence-corrected chi connectivity index (χ2v) is 8.32. The first-order valence-electron chi connectivity index (χ1n) is 10.5. The molecule has 5 heteroatoms. The molecular weight excluding hydrogens is 334 g/mol. The van der Waals surface area contributed by atoms with Crippen molar-refractivity contribution in [2.45, 2.75) is 50.5 Å². The number of hydrogen-bond donors (Lipinski definition) is 2. The number of hydrogen-bond acceptors (Lipinski definition) is 5. The monoisotopic (exact) mass is 363 g/mol. The Morgan fingerprint density at radius 3 is 2.81 bits per heavy atom. The van der Waals surface area contributed by atoms with Gasteiger partial charge in [-0.1, -0.05) is 30.3 Å². The third-order valence-electron chi connectivity index (χ3n) is 6.68. The molecule has 1 aliphatic carbocycles. The highest BCUT2D eigenvalue weighted by atomic mass is 15.2. The van der Waals surface area contributed by atoms with E-state index in [-0.39, 0.29) is 0 Å². The molecule has 0 spiro atoms. The van der Waals surface area contributed by atoms with Gasteiger partial charge in [0.1, 0.15) is 5.82 Å². The molecule has 2 saturated heterocycles. The van der Waals surface area contributed by atoms with Gasteiger partial charge in [0.25, 0.3) is 0 Å². The Morgan fingerprint density at radius 2 is 1.93 bits per heavy atom. The minimum atomic E-state index is 0.341. The molecule has 0 amide bonds. The molecule has 2 unspecified atom stereocenters. The van der Waals surface area contributed by atoms with Crippen LogP contribution < -0.4 is 16.0 Å². The molecule has 142 valence electrons. The van der Waals surface area contributed by atoms with Gasteiger partial charge in [0.2, 0.25) is 5.95 Å². The summed E-state index contributed by atoms with van der Waals surface area (Å²) in [6, 6.07) is 11.4. The summed E-state index contributed by atoms with van der Waals surface area (Å²) in [4.78, 5) is 12.0. The second kappa shape index (κ2) is 7.12. The van der Waals surface area contributed by atoms with Crippen molar-refractivity contribution < 1.29 is 0 Å². The summed E-state index contributed by atoms with van der Waals surface area (Å²) in [5.41, 5.74) is 10.1. The van der Waals surface area contributed by atoms with Crippen molar-refractivity contribution >= 4 is 11.8 Å². The normalized spacial score (nSPS) is 27.7. The number of nitrogens with one attached hydrogen (secondary N) is 1. The Kier molecular flexibility index (Phi) is 4.48. The number of benzene rings is 1. The summed E-state index contributed by atoms with van der Waals surface area (Å²) in [6.45, 7) is 3.33. The largest absolute Gasteiger partial charge is 0.368 e. The Labute approximate surface area is 161 Å². The average molecular weight is 364 g/mol. The fraction of sp³-hybridized carbons (Fsp3) is 0.545. The topological polar surface area (TPSA) is 67.1 Å². The Balaban J connectivity index is 1.50. The molecule has 1 aromatic carbocycles. The molecule has 2 fully saturated rings. The quantitative estimate of drug-likeness (QED) is 0.858. The first-order chi connectivity index (χ1) is 13.3.